The first-order chi connectivity index (χ1) is 11.1. The van der Waals surface area contributed by atoms with E-state index >= 15 is 0 Å². The predicted octanol–water partition coefficient (Wildman–Crippen LogP) is 3.19. The van der Waals surface area contributed by atoms with Crippen LogP contribution in [-0.2, 0) is 4.79 Å². The number of aromatic nitrogens is 3. The third-order valence-electron chi connectivity index (χ3n) is 3.38. The van der Waals surface area contributed by atoms with Gasteiger partial charge in [0.15, 0.2) is 5.82 Å². The van der Waals surface area contributed by atoms with Crippen LogP contribution in [0.25, 0.3) is 5.57 Å². The molecular formula is C15H20F3N5O. The fraction of sp³-hybridized carbons (Fsp3) is 0.600. The van der Waals surface area contributed by atoms with Crippen LogP contribution in [0, 0.1) is 0 Å². The van der Waals surface area contributed by atoms with Crippen LogP contribution in [-0.4, -0.2) is 39.0 Å². The van der Waals surface area contributed by atoms with Gasteiger partial charge in [0.1, 0.15) is 11.8 Å². The Labute approximate surface area is 138 Å². The molecule has 0 saturated carbocycles. The van der Waals surface area contributed by atoms with E-state index in [1.54, 1.807) is 0 Å². The van der Waals surface area contributed by atoms with E-state index in [0.717, 1.165) is 6.92 Å². The lowest BCUT2D eigenvalue weighted by atomic mass is 9.98. The first kappa shape index (κ1) is 18.2. The van der Waals surface area contributed by atoms with Crippen molar-refractivity contribution in [2.24, 2.45) is 0 Å². The van der Waals surface area contributed by atoms with E-state index in [-0.39, 0.29) is 36.0 Å². The number of allylic oxidation sites excluding steroid dienone is 2. The first-order valence-electron chi connectivity index (χ1n) is 7.72. The van der Waals surface area contributed by atoms with Crippen molar-refractivity contribution in [1.82, 2.24) is 15.0 Å². The Kier molecular flexibility index (Phi) is 5.40. The van der Waals surface area contributed by atoms with Crippen LogP contribution in [0.2, 0.25) is 0 Å². The number of nitrogens with zero attached hydrogens (tertiary/aromatic N) is 3. The minimum atomic E-state index is -4.42. The second-order valence-corrected chi connectivity index (χ2v) is 6.00. The minimum Gasteiger partial charge on any atom is -0.352 e. The van der Waals surface area contributed by atoms with Crippen molar-refractivity contribution in [3.63, 3.8) is 0 Å². The summed E-state index contributed by atoms with van der Waals surface area (Å²) in [7, 11) is 0. The summed E-state index contributed by atoms with van der Waals surface area (Å²) in [4.78, 5) is 23.9. The molecule has 24 heavy (non-hydrogen) atoms. The van der Waals surface area contributed by atoms with Crippen molar-refractivity contribution in [1.29, 1.82) is 0 Å². The summed E-state index contributed by atoms with van der Waals surface area (Å²) in [6.45, 7) is 4.71. The number of hydrogen-bond acceptors (Lipinski definition) is 6. The second-order valence-electron chi connectivity index (χ2n) is 6.00. The van der Waals surface area contributed by atoms with E-state index in [1.807, 2.05) is 19.9 Å². The molecule has 1 heterocycles. The lowest BCUT2D eigenvalue weighted by Crippen LogP contribution is -2.34. The van der Waals surface area contributed by atoms with Crippen molar-refractivity contribution in [2.45, 2.75) is 58.3 Å². The highest BCUT2D eigenvalue weighted by atomic mass is 19.4. The molecule has 0 saturated heterocycles. The van der Waals surface area contributed by atoms with Gasteiger partial charge in [-0.1, -0.05) is 6.08 Å². The highest BCUT2D eigenvalue weighted by Crippen LogP contribution is 2.26. The fourth-order valence-electron chi connectivity index (χ4n) is 2.13. The Morgan fingerprint density at radius 1 is 1.08 bits per heavy atom. The van der Waals surface area contributed by atoms with E-state index in [1.165, 1.54) is 0 Å². The summed E-state index contributed by atoms with van der Waals surface area (Å²) in [5.41, 5.74) is 0.614. The Morgan fingerprint density at radius 2 is 1.71 bits per heavy atom. The topological polar surface area (TPSA) is 79.8 Å². The molecule has 0 aliphatic heterocycles. The molecule has 0 aromatic carbocycles. The Bertz CT molecular complexity index is 642. The normalized spacial score (nSPS) is 16.8. The second kappa shape index (κ2) is 7.14. The van der Waals surface area contributed by atoms with E-state index in [4.69, 9.17) is 0 Å². The molecule has 0 fully saturated rings. The third kappa shape index (κ3) is 4.90. The zero-order chi connectivity index (χ0) is 17.9. The Morgan fingerprint density at radius 3 is 2.25 bits per heavy atom. The number of carbonyl (C=O) groups excluding carboxylic acids is 1. The molecule has 6 nitrogen and oxygen atoms in total. The number of halogens is 3. The highest BCUT2D eigenvalue weighted by Gasteiger charge is 2.36. The average Bonchev–Trinajstić information content (AvgIpc) is 2.45. The number of carbonyl (C=O) groups is 1. The van der Waals surface area contributed by atoms with E-state index in [2.05, 4.69) is 25.6 Å². The van der Waals surface area contributed by atoms with Crippen molar-refractivity contribution in [3.8, 4) is 0 Å². The summed E-state index contributed by atoms with van der Waals surface area (Å²) in [6.07, 6.45) is -1.36. The van der Waals surface area contributed by atoms with Gasteiger partial charge in [0.25, 0.3) is 0 Å². The average molecular weight is 343 g/mol. The van der Waals surface area contributed by atoms with Gasteiger partial charge >= 0.3 is 6.18 Å². The van der Waals surface area contributed by atoms with Crippen LogP contribution in [0.1, 0.15) is 45.9 Å². The number of nitrogens with one attached hydrogen (secondary N) is 2. The van der Waals surface area contributed by atoms with E-state index in [0.29, 0.717) is 18.4 Å². The zero-order valence-electron chi connectivity index (χ0n) is 13.7. The summed E-state index contributed by atoms with van der Waals surface area (Å²) in [6, 6.07) is -1.81. The summed E-state index contributed by atoms with van der Waals surface area (Å²) in [5.74, 6) is 0.278. The van der Waals surface area contributed by atoms with E-state index in [9.17, 15) is 18.0 Å². The molecule has 1 aliphatic carbocycles. The molecule has 0 radical (unpaired) electrons. The number of ketones is 1. The molecule has 2 N–H and O–H groups in total. The SMILES string of the molecule is CC(C)Nc1nc(N[C@H](C)C(F)(F)F)nc(C2=CCCC(=O)C2)n1. The van der Waals surface area contributed by atoms with Crippen LogP contribution < -0.4 is 10.6 Å². The maximum absolute atomic E-state index is 12.7. The Balaban J connectivity index is 2.34. The molecule has 0 spiro atoms. The van der Waals surface area contributed by atoms with Gasteiger partial charge in [-0.2, -0.15) is 28.1 Å². The van der Waals surface area contributed by atoms with Gasteiger partial charge in [0.05, 0.1) is 0 Å². The van der Waals surface area contributed by atoms with Crippen molar-refractivity contribution >= 4 is 23.3 Å². The van der Waals surface area contributed by atoms with Gasteiger partial charge in [0.2, 0.25) is 11.9 Å². The van der Waals surface area contributed by atoms with Crippen LogP contribution in [0.4, 0.5) is 25.1 Å². The summed E-state index contributed by atoms with van der Waals surface area (Å²) in [5, 5.41) is 5.20. The molecule has 1 aliphatic rings. The van der Waals surface area contributed by atoms with Gasteiger partial charge in [-0.15, -0.1) is 0 Å². The molecular weight excluding hydrogens is 323 g/mol. The molecule has 132 valence electrons. The summed E-state index contributed by atoms with van der Waals surface area (Å²) >= 11 is 0. The van der Waals surface area contributed by atoms with Crippen LogP contribution >= 0.6 is 0 Å². The molecule has 9 heteroatoms. The molecule has 1 atom stereocenters. The number of alkyl halides is 3. The van der Waals surface area contributed by atoms with Crippen molar-refractivity contribution in [3.05, 3.63) is 11.9 Å². The van der Waals surface area contributed by atoms with Gasteiger partial charge < -0.3 is 10.6 Å². The smallest absolute Gasteiger partial charge is 0.352 e. The van der Waals surface area contributed by atoms with Gasteiger partial charge in [0, 0.05) is 24.5 Å². The van der Waals surface area contributed by atoms with Crippen molar-refractivity contribution < 1.29 is 18.0 Å². The fourth-order valence-corrected chi connectivity index (χ4v) is 2.13. The Hall–Kier alpha value is -2.19. The van der Waals surface area contributed by atoms with E-state index < -0.39 is 12.2 Å². The molecule has 1 aromatic rings. The monoisotopic (exact) mass is 343 g/mol. The summed E-state index contributed by atoms with van der Waals surface area (Å²) < 4.78 is 38.2. The van der Waals surface area contributed by atoms with Crippen molar-refractivity contribution in [2.75, 3.05) is 10.6 Å². The molecule has 0 bridgehead atoms. The van der Waals surface area contributed by atoms with Gasteiger partial charge in [-0.3, -0.25) is 4.79 Å². The molecule has 0 unspecified atom stereocenters. The predicted molar refractivity (Wildman–Crippen MR) is 84.6 cm³/mol. The highest BCUT2D eigenvalue weighted by molar-refractivity contribution is 5.91. The number of hydrogen-bond donors (Lipinski definition) is 2. The maximum Gasteiger partial charge on any atom is 0.408 e. The van der Waals surface area contributed by atoms with Crippen LogP contribution in [0.3, 0.4) is 0 Å². The van der Waals surface area contributed by atoms with Crippen LogP contribution in [0.15, 0.2) is 6.08 Å². The molecule has 1 aromatic heterocycles. The number of rotatable bonds is 5. The zero-order valence-corrected chi connectivity index (χ0v) is 13.7. The number of anilines is 2. The standard InChI is InChI=1S/C15H20F3N5O/c1-8(2)19-13-21-12(10-5-4-6-11(24)7-10)22-14(23-13)20-9(3)15(16,17)18/h5,8-9H,4,6-7H2,1-3H3,(H2,19,20,21,22,23)/t9-/m1/s1. The quantitative estimate of drug-likeness (QED) is 0.855. The molecule has 2 rings (SSSR count). The maximum atomic E-state index is 12.7. The molecule has 0 amide bonds. The largest absolute Gasteiger partial charge is 0.408 e. The van der Waals surface area contributed by atoms with Gasteiger partial charge in [-0.25, -0.2) is 0 Å². The third-order valence-corrected chi connectivity index (χ3v) is 3.38. The minimum absolute atomic E-state index is 0.00453. The first-order valence-corrected chi connectivity index (χ1v) is 7.72. The van der Waals surface area contributed by atoms with Crippen LogP contribution in [0.5, 0.6) is 0 Å². The van der Waals surface area contributed by atoms with Gasteiger partial charge in [-0.05, 0) is 27.2 Å². The number of Topliss-reactive ketones (excluding diaryl/α,β-unsaturated/α-hetero) is 1. The lowest BCUT2D eigenvalue weighted by Gasteiger charge is -2.19. The lowest BCUT2D eigenvalue weighted by molar-refractivity contribution is -0.138.